The maximum atomic E-state index is 13.2. The predicted molar refractivity (Wildman–Crippen MR) is 135 cm³/mol. The van der Waals surface area contributed by atoms with Crippen LogP contribution in [-0.2, 0) is 4.79 Å². The molecule has 178 valence electrons. The fourth-order valence-electron chi connectivity index (χ4n) is 4.44. The van der Waals surface area contributed by atoms with E-state index in [1.165, 1.54) is 6.07 Å². The fourth-order valence-corrected chi connectivity index (χ4v) is 4.44. The third-order valence-electron chi connectivity index (χ3n) is 6.33. The molecule has 7 heteroatoms. The Morgan fingerprint density at radius 3 is 2.56 bits per heavy atom. The van der Waals surface area contributed by atoms with Crippen LogP contribution in [0.4, 0.5) is 5.69 Å². The van der Waals surface area contributed by atoms with Crippen molar-refractivity contribution >= 4 is 28.3 Å². The van der Waals surface area contributed by atoms with Crippen LogP contribution < -0.4 is 14.4 Å². The van der Waals surface area contributed by atoms with E-state index in [0.717, 1.165) is 16.5 Å². The van der Waals surface area contributed by atoms with Crippen LogP contribution in [-0.4, -0.2) is 30.6 Å². The zero-order valence-electron chi connectivity index (χ0n) is 19.5. The van der Waals surface area contributed by atoms with Gasteiger partial charge in [-0.2, -0.15) is 5.26 Å². The van der Waals surface area contributed by atoms with Gasteiger partial charge in [0.05, 0.1) is 23.8 Å². The monoisotopic (exact) mass is 478 g/mol. The van der Waals surface area contributed by atoms with Gasteiger partial charge in [-0.25, -0.2) is 0 Å². The highest BCUT2D eigenvalue weighted by molar-refractivity contribution is 6.10. The molecular weight excluding hydrogens is 456 g/mol. The van der Waals surface area contributed by atoms with Crippen LogP contribution in [0.1, 0.15) is 33.8 Å². The van der Waals surface area contributed by atoms with Gasteiger partial charge in [0, 0.05) is 29.6 Å². The van der Waals surface area contributed by atoms with Crippen molar-refractivity contribution in [2.75, 3.05) is 18.6 Å². The Hall–Kier alpha value is -4.83. The second kappa shape index (κ2) is 9.43. The van der Waals surface area contributed by atoms with Gasteiger partial charge in [-0.15, -0.1) is 0 Å². The Labute approximate surface area is 207 Å². The molecule has 0 radical (unpaired) electrons. The van der Waals surface area contributed by atoms with Crippen molar-refractivity contribution in [1.29, 1.82) is 5.26 Å². The molecule has 7 nitrogen and oxygen atoms in total. The largest absolute Gasteiger partial charge is 0.493 e. The molecule has 0 spiro atoms. The van der Waals surface area contributed by atoms with Crippen molar-refractivity contribution < 1.29 is 24.2 Å². The smallest absolute Gasteiger partial charge is 0.311 e. The van der Waals surface area contributed by atoms with Gasteiger partial charge in [0.25, 0.3) is 5.91 Å². The average molecular weight is 479 g/mol. The lowest BCUT2D eigenvalue weighted by Crippen LogP contribution is -2.26. The van der Waals surface area contributed by atoms with Crippen molar-refractivity contribution in [3.05, 3.63) is 95.6 Å². The first-order chi connectivity index (χ1) is 17.5. The number of fused-ring (bicyclic) bond motifs is 2. The molecular formula is C29H22N2O5. The number of carbonyl (C=O) groups is 2. The minimum Gasteiger partial charge on any atom is -0.493 e. The topological polar surface area (TPSA) is 99.9 Å². The van der Waals surface area contributed by atoms with Crippen LogP contribution in [0.2, 0.25) is 0 Å². The van der Waals surface area contributed by atoms with Crippen LogP contribution in [0, 0.1) is 11.3 Å². The Bertz CT molecular complexity index is 1520. The molecule has 0 saturated carbocycles. The molecule has 0 bridgehead atoms. The molecule has 1 aliphatic heterocycles. The number of anilines is 1. The molecule has 1 heterocycles. The number of rotatable bonds is 5. The molecule has 1 atom stereocenters. The first-order valence-corrected chi connectivity index (χ1v) is 11.4. The van der Waals surface area contributed by atoms with Gasteiger partial charge in [0.1, 0.15) is 23.3 Å². The molecule has 0 aromatic heterocycles. The summed E-state index contributed by atoms with van der Waals surface area (Å²) >= 11 is 0. The molecule has 36 heavy (non-hydrogen) atoms. The van der Waals surface area contributed by atoms with E-state index < -0.39 is 11.9 Å². The second-order valence-electron chi connectivity index (χ2n) is 8.51. The van der Waals surface area contributed by atoms with E-state index in [-0.39, 0.29) is 23.8 Å². The van der Waals surface area contributed by atoms with E-state index in [1.807, 2.05) is 42.5 Å². The van der Waals surface area contributed by atoms with Gasteiger partial charge < -0.3 is 19.5 Å². The molecule has 4 aromatic carbocycles. The van der Waals surface area contributed by atoms with Crippen molar-refractivity contribution in [2.24, 2.45) is 0 Å². The van der Waals surface area contributed by atoms with Crippen molar-refractivity contribution in [1.82, 2.24) is 0 Å². The number of carboxylic acid groups (broad SMARTS) is 1. The third-order valence-corrected chi connectivity index (χ3v) is 6.33. The summed E-state index contributed by atoms with van der Waals surface area (Å²) in [5.74, 6) is -0.760. The number of aliphatic carboxylic acids is 1. The van der Waals surface area contributed by atoms with Crippen molar-refractivity contribution in [3.8, 4) is 23.3 Å². The molecule has 1 N–H and O–H groups in total. The van der Waals surface area contributed by atoms with E-state index in [1.54, 1.807) is 42.3 Å². The number of carbonyl (C=O) groups excluding carboxylic acids is 1. The minimum absolute atomic E-state index is 0.169. The Kier molecular flexibility index (Phi) is 6.01. The van der Waals surface area contributed by atoms with Gasteiger partial charge in [-0.3, -0.25) is 9.59 Å². The number of hydrogen-bond donors (Lipinski definition) is 1. The zero-order chi connectivity index (χ0) is 25.2. The third kappa shape index (κ3) is 4.21. The summed E-state index contributed by atoms with van der Waals surface area (Å²) in [5, 5.41) is 21.1. The summed E-state index contributed by atoms with van der Waals surface area (Å²) in [6.07, 6.45) is 0.343. The Morgan fingerprint density at radius 1 is 1.06 bits per heavy atom. The van der Waals surface area contributed by atoms with E-state index >= 15 is 0 Å². The van der Waals surface area contributed by atoms with Gasteiger partial charge in [0.15, 0.2) is 0 Å². The standard InChI is InChI=1S/C29H22N2O5/c1-31(25-8-4-6-18-5-2-3-7-22(18)25)28(32)19-9-11-21(12-10-19)36-26-16-27-24(15-20(26)17-30)23(29(33)34)13-14-35-27/h2-12,15-16,23H,13-14H2,1H3,(H,33,34). The highest BCUT2D eigenvalue weighted by Gasteiger charge is 2.29. The number of benzene rings is 4. The molecule has 0 saturated heterocycles. The number of nitrogens with zero attached hydrogens (tertiary/aromatic N) is 2. The van der Waals surface area contributed by atoms with E-state index in [4.69, 9.17) is 9.47 Å². The van der Waals surface area contributed by atoms with Crippen LogP contribution >= 0.6 is 0 Å². The van der Waals surface area contributed by atoms with Gasteiger partial charge in [0.2, 0.25) is 0 Å². The molecule has 1 amide bonds. The number of nitriles is 1. The summed E-state index contributed by atoms with van der Waals surface area (Å²) < 4.78 is 11.6. The van der Waals surface area contributed by atoms with Crippen molar-refractivity contribution in [2.45, 2.75) is 12.3 Å². The van der Waals surface area contributed by atoms with Crippen LogP contribution in [0.5, 0.6) is 17.2 Å². The molecule has 0 aliphatic carbocycles. The summed E-state index contributed by atoms with van der Waals surface area (Å²) in [4.78, 5) is 26.4. The van der Waals surface area contributed by atoms with E-state index in [0.29, 0.717) is 29.0 Å². The maximum Gasteiger partial charge on any atom is 0.311 e. The first kappa shape index (κ1) is 22.9. The minimum atomic E-state index is -0.953. The van der Waals surface area contributed by atoms with Gasteiger partial charge in [-0.1, -0.05) is 36.4 Å². The molecule has 4 aromatic rings. The van der Waals surface area contributed by atoms with Crippen LogP contribution in [0.3, 0.4) is 0 Å². The lowest BCUT2D eigenvalue weighted by atomic mass is 9.91. The first-order valence-electron chi connectivity index (χ1n) is 11.4. The number of carboxylic acids is 1. The highest BCUT2D eigenvalue weighted by atomic mass is 16.5. The molecule has 5 rings (SSSR count). The normalized spacial score (nSPS) is 14.3. The summed E-state index contributed by atoms with van der Waals surface area (Å²) in [5.41, 5.74) is 1.97. The lowest BCUT2D eigenvalue weighted by molar-refractivity contribution is -0.139. The molecule has 0 fully saturated rings. The summed E-state index contributed by atoms with van der Waals surface area (Å²) in [6.45, 7) is 0.274. The summed E-state index contributed by atoms with van der Waals surface area (Å²) in [7, 11) is 1.74. The number of amides is 1. The SMILES string of the molecule is CN(C(=O)c1ccc(Oc2cc3c(cc2C#N)C(C(=O)O)CCO3)cc1)c1cccc2ccccc12. The average Bonchev–Trinajstić information content (AvgIpc) is 2.91. The number of hydrogen-bond acceptors (Lipinski definition) is 5. The quantitative estimate of drug-likeness (QED) is 0.393. The molecule has 1 aliphatic rings. The summed E-state index contributed by atoms with van der Waals surface area (Å²) in [6, 6.07) is 25.5. The van der Waals surface area contributed by atoms with Crippen molar-refractivity contribution in [3.63, 3.8) is 0 Å². The zero-order valence-corrected chi connectivity index (χ0v) is 19.5. The Balaban J connectivity index is 1.38. The fraction of sp³-hybridized carbons (Fsp3) is 0.138. The van der Waals surface area contributed by atoms with Gasteiger partial charge in [-0.05, 0) is 48.2 Å². The highest BCUT2D eigenvalue weighted by Crippen LogP contribution is 2.39. The van der Waals surface area contributed by atoms with Crippen LogP contribution in [0.25, 0.3) is 10.8 Å². The second-order valence-corrected chi connectivity index (χ2v) is 8.51. The van der Waals surface area contributed by atoms with E-state index in [9.17, 15) is 20.0 Å². The maximum absolute atomic E-state index is 13.2. The van der Waals surface area contributed by atoms with Crippen LogP contribution in [0.15, 0.2) is 78.9 Å². The lowest BCUT2D eigenvalue weighted by Gasteiger charge is -2.24. The number of ether oxygens (including phenoxy) is 2. The van der Waals surface area contributed by atoms with E-state index in [2.05, 4.69) is 6.07 Å². The predicted octanol–water partition coefficient (Wildman–Crippen LogP) is 5.73. The Morgan fingerprint density at radius 2 is 1.81 bits per heavy atom. The van der Waals surface area contributed by atoms with Gasteiger partial charge >= 0.3 is 5.97 Å². The molecule has 1 unspecified atom stereocenters.